The molecule has 0 radical (unpaired) electrons. The van der Waals surface area contributed by atoms with Gasteiger partial charge in [-0.2, -0.15) is 0 Å². The van der Waals surface area contributed by atoms with Gasteiger partial charge < -0.3 is 14.7 Å². The van der Waals surface area contributed by atoms with Crippen LogP contribution < -0.4 is 0 Å². The smallest absolute Gasteiger partial charge is 0.229 e. The molecule has 0 amide bonds. The predicted molar refractivity (Wildman–Crippen MR) is 105 cm³/mol. The summed E-state index contributed by atoms with van der Waals surface area (Å²) in [5.41, 5.74) is 1.61. The highest BCUT2D eigenvalue weighted by atomic mass is 32.2. The highest BCUT2D eigenvalue weighted by molar-refractivity contribution is 7.94. The van der Waals surface area contributed by atoms with Crippen LogP contribution in [-0.4, -0.2) is 26.8 Å². The van der Waals surface area contributed by atoms with Crippen molar-refractivity contribution in [2.45, 2.75) is 23.6 Å². The van der Waals surface area contributed by atoms with Crippen LogP contribution in [0.2, 0.25) is 0 Å². The Morgan fingerprint density at radius 1 is 0.714 bits per heavy atom. The van der Waals surface area contributed by atoms with E-state index in [1.165, 1.54) is 42.6 Å². The Kier molecular flexibility index (Phi) is 5.34. The van der Waals surface area contributed by atoms with Crippen molar-refractivity contribution in [3.63, 3.8) is 0 Å². The maximum absolute atomic E-state index is 12.4. The van der Waals surface area contributed by atoms with E-state index in [9.17, 15) is 16.8 Å². The summed E-state index contributed by atoms with van der Waals surface area (Å²) in [7, 11) is -7.94. The molecular weight excluding hydrogens is 400 g/mol. The molecule has 3 rings (SSSR count). The Morgan fingerprint density at radius 2 is 1.25 bits per heavy atom. The van der Waals surface area contributed by atoms with E-state index in [-0.39, 0.29) is 21.4 Å². The van der Waals surface area contributed by atoms with E-state index in [1.807, 2.05) is 6.92 Å². The van der Waals surface area contributed by atoms with Crippen molar-refractivity contribution in [1.82, 2.24) is 9.97 Å². The summed E-state index contributed by atoms with van der Waals surface area (Å²) in [6, 6.07) is 13.0. The number of nitrogens with zero attached hydrogens (tertiary/aromatic N) is 4. The summed E-state index contributed by atoms with van der Waals surface area (Å²) in [6.45, 7) is 3.54. The van der Waals surface area contributed by atoms with Gasteiger partial charge in [0.2, 0.25) is 10.0 Å². The van der Waals surface area contributed by atoms with Crippen LogP contribution in [0.3, 0.4) is 0 Å². The van der Waals surface area contributed by atoms with Crippen molar-refractivity contribution >= 4 is 31.7 Å². The van der Waals surface area contributed by atoms with Crippen LogP contribution in [-0.2, 0) is 20.0 Å². The number of hydrogen-bond donors (Lipinski definition) is 0. The first-order chi connectivity index (χ1) is 13.2. The summed E-state index contributed by atoms with van der Waals surface area (Å²) < 4.78 is 56.7. The fraction of sp³-hybridized carbons (Fsp3) is 0.111. The fourth-order valence-electron chi connectivity index (χ4n) is 2.22. The molecule has 0 N–H and O–H groups in total. The minimum atomic E-state index is -4.04. The lowest BCUT2D eigenvalue weighted by atomic mass is 10.2. The van der Waals surface area contributed by atoms with Gasteiger partial charge in [-0.3, -0.25) is 4.72 Å². The molecule has 0 saturated heterocycles. The monoisotopic (exact) mass is 416 g/mol. The molecule has 0 spiro atoms. The average Bonchev–Trinajstić information content (AvgIpc) is 2.62. The molecule has 0 aliphatic rings. The number of rotatable bonds is 6. The Hall–Kier alpha value is -2.98. The van der Waals surface area contributed by atoms with Gasteiger partial charge in [0, 0.05) is 5.95 Å². The number of benzene rings is 2. The number of hydrogen-bond acceptors (Lipinski definition) is 6. The van der Waals surface area contributed by atoms with Crippen LogP contribution in [0.5, 0.6) is 0 Å². The molecule has 3 aromatic rings. The zero-order chi connectivity index (χ0) is 20.4. The van der Waals surface area contributed by atoms with Gasteiger partial charge in [-0.1, -0.05) is 35.9 Å². The first-order valence-electron chi connectivity index (χ1n) is 8.08. The molecule has 0 unspecified atom stereocenters. The van der Waals surface area contributed by atoms with Gasteiger partial charge >= 0.3 is 0 Å². The SMILES string of the molecule is Cc1ccc(S(=O)(=O)[N-]c2ccc(S(=O)(=O)[N-]c3nccc(C)n3)cc2)cc1. The van der Waals surface area contributed by atoms with Gasteiger partial charge in [0.1, 0.15) is 10.0 Å². The maximum Gasteiger partial charge on any atom is 0.229 e. The normalized spacial score (nSPS) is 11.8. The molecule has 8 nitrogen and oxygen atoms in total. The second kappa shape index (κ2) is 7.56. The highest BCUT2D eigenvalue weighted by Gasteiger charge is 2.11. The summed E-state index contributed by atoms with van der Waals surface area (Å²) in [5.74, 6) is -0.171. The summed E-state index contributed by atoms with van der Waals surface area (Å²) >= 11 is 0. The summed E-state index contributed by atoms with van der Waals surface area (Å²) in [5, 5.41) is 0. The van der Waals surface area contributed by atoms with Gasteiger partial charge in [-0.05, 0) is 50.0 Å². The molecule has 146 valence electrons. The van der Waals surface area contributed by atoms with E-state index in [2.05, 4.69) is 19.4 Å². The van der Waals surface area contributed by atoms with E-state index in [0.717, 1.165) is 5.56 Å². The highest BCUT2D eigenvalue weighted by Crippen LogP contribution is 2.30. The van der Waals surface area contributed by atoms with Crippen LogP contribution in [0.25, 0.3) is 9.44 Å². The Morgan fingerprint density at radius 3 is 1.82 bits per heavy atom. The lowest BCUT2D eigenvalue weighted by Crippen LogP contribution is -2.00. The Labute approximate surface area is 163 Å². The van der Waals surface area contributed by atoms with E-state index < -0.39 is 20.0 Å². The second-order valence-electron chi connectivity index (χ2n) is 5.94. The predicted octanol–water partition coefficient (Wildman–Crippen LogP) is 3.88. The lowest BCUT2D eigenvalue weighted by molar-refractivity contribution is 0.602. The van der Waals surface area contributed by atoms with E-state index >= 15 is 0 Å². The van der Waals surface area contributed by atoms with Gasteiger partial charge in [0.15, 0.2) is 0 Å². The van der Waals surface area contributed by atoms with Crippen molar-refractivity contribution in [3.8, 4) is 0 Å². The molecule has 0 bridgehead atoms. The Bertz CT molecular complexity index is 1190. The van der Waals surface area contributed by atoms with Crippen molar-refractivity contribution < 1.29 is 16.8 Å². The van der Waals surface area contributed by atoms with E-state index in [4.69, 9.17) is 0 Å². The molecule has 0 aliphatic carbocycles. The Balaban J connectivity index is 1.78. The molecule has 1 heterocycles. The summed E-state index contributed by atoms with van der Waals surface area (Å²) in [4.78, 5) is 7.67. The molecule has 1 aromatic heterocycles. The van der Waals surface area contributed by atoms with Crippen molar-refractivity contribution in [1.29, 1.82) is 0 Å². The minimum absolute atomic E-state index is 0.0568. The van der Waals surface area contributed by atoms with Crippen molar-refractivity contribution in [2.24, 2.45) is 0 Å². The third-order valence-corrected chi connectivity index (χ3v) is 6.25. The topological polar surface area (TPSA) is 122 Å². The first kappa shape index (κ1) is 19.8. The van der Waals surface area contributed by atoms with Crippen LogP contribution >= 0.6 is 0 Å². The fourth-order valence-corrected chi connectivity index (χ4v) is 4.09. The molecule has 10 heteroatoms. The minimum Gasteiger partial charge on any atom is -0.573 e. The molecule has 0 fully saturated rings. The third-order valence-electron chi connectivity index (χ3n) is 3.66. The lowest BCUT2D eigenvalue weighted by Gasteiger charge is -2.22. The quantitative estimate of drug-likeness (QED) is 0.601. The second-order valence-corrected chi connectivity index (χ2v) is 9.15. The van der Waals surface area contributed by atoms with Crippen LogP contribution in [0.1, 0.15) is 11.3 Å². The van der Waals surface area contributed by atoms with Crippen LogP contribution in [0, 0.1) is 13.8 Å². The molecular formula is C18H16N4O4S2-2. The van der Waals surface area contributed by atoms with Crippen molar-refractivity contribution in [3.05, 3.63) is 81.5 Å². The van der Waals surface area contributed by atoms with Gasteiger partial charge in [0.25, 0.3) is 0 Å². The number of sulfonamides is 2. The largest absolute Gasteiger partial charge is 0.573 e. The number of aromatic nitrogens is 2. The van der Waals surface area contributed by atoms with Gasteiger partial charge in [-0.15, -0.1) is 5.69 Å². The first-order valence-corrected chi connectivity index (χ1v) is 11.0. The average molecular weight is 416 g/mol. The van der Waals surface area contributed by atoms with Gasteiger partial charge in [0.05, 0.1) is 9.79 Å². The van der Waals surface area contributed by atoms with Gasteiger partial charge in [-0.25, -0.2) is 16.8 Å². The maximum atomic E-state index is 12.4. The zero-order valence-electron chi connectivity index (χ0n) is 15.0. The molecule has 28 heavy (non-hydrogen) atoms. The zero-order valence-corrected chi connectivity index (χ0v) is 16.6. The molecule has 0 saturated carbocycles. The summed E-state index contributed by atoms with van der Waals surface area (Å²) in [6.07, 6.45) is 1.41. The number of aryl methyl sites for hydroxylation is 2. The third kappa shape index (κ3) is 4.65. The van der Waals surface area contributed by atoms with Crippen molar-refractivity contribution in [2.75, 3.05) is 0 Å². The molecule has 2 aromatic carbocycles. The van der Waals surface area contributed by atoms with E-state index in [0.29, 0.717) is 5.69 Å². The van der Waals surface area contributed by atoms with E-state index in [1.54, 1.807) is 25.1 Å². The standard InChI is InChI=1S/C18H16N4O4S2/c1-13-3-7-16(8-4-13)27(23,24)21-15-5-9-17(10-6-15)28(25,26)22-18-19-12-11-14(2)20-18/h3-12H,1-2H3/q-2. The van der Waals surface area contributed by atoms with Crippen LogP contribution in [0.4, 0.5) is 11.6 Å². The van der Waals surface area contributed by atoms with Crippen LogP contribution in [0.15, 0.2) is 70.6 Å². The molecule has 0 aliphatic heterocycles. The molecule has 0 atom stereocenters.